The lowest BCUT2D eigenvalue weighted by atomic mass is 9.44. The second kappa shape index (κ2) is 7.30. The molecule has 164 valence electrons. The molecule has 0 aromatic heterocycles. The number of hydrogen-bond acceptors (Lipinski definition) is 2. The van der Waals surface area contributed by atoms with Crippen LogP contribution in [0.1, 0.15) is 71.6 Å². The van der Waals surface area contributed by atoms with Crippen LogP contribution in [0, 0.1) is 34.5 Å². The first-order chi connectivity index (χ1) is 14.2. The summed E-state index contributed by atoms with van der Waals surface area (Å²) in [4.78, 5) is 12.6. The number of Topliss-reactive ketones (excluding diaryl/α,β-unsaturated/α-hetero) is 1. The van der Waals surface area contributed by atoms with Crippen LogP contribution in [0.3, 0.4) is 0 Å². The summed E-state index contributed by atoms with van der Waals surface area (Å²) in [6, 6.07) is 10.9. The van der Waals surface area contributed by atoms with Crippen molar-refractivity contribution in [1.29, 1.82) is 0 Å². The topological polar surface area (TPSA) is 26.3 Å². The maximum absolute atomic E-state index is 12.6. The summed E-state index contributed by atoms with van der Waals surface area (Å²) in [5.74, 6) is 3.37. The first-order valence-electron chi connectivity index (χ1n) is 12.5. The van der Waals surface area contributed by atoms with Crippen LogP contribution in [0.2, 0.25) is 13.1 Å². The fourth-order valence-electron chi connectivity index (χ4n) is 8.47. The highest BCUT2D eigenvalue weighted by Crippen LogP contribution is 2.66. The zero-order valence-electron chi connectivity index (χ0n) is 19.5. The monoisotopic (exact) mass is 424 g/mol. The van der Waals surface area contributed by atoms with Crippen LogP contribution in [0.5, 0.6) is 0 Å². The molecular formula is C27H40O2Si. The van der Waals surface area contributed by atoms with Gasteiger partial charge in [-0.1, -0.05) is 50.6 Å². The van der Waals surface area contributed by atoms with E-state index in [4.69, 9.17) is 4.43 Å². The molecule has 7 atom stereocenters. The maximum atomic E-state index is 12.6. The highest BCUT2D eigenvalue weighted by atomic mass is 28.4. The molecule has 0 heterocycles. The lowest BCUT2D eigenvalue weighted by Crippen LogP contribution is -2.60. The summed E-state index contributed by atoms with van der Waals surface area (Å²) < 4.78 is 7.16. The van der Waals surface area contributed by atoms with Crippen LogP contribution >= 0.6 is 0 Å². The molecule has 30 heavy (non-hydrogen) atoms. The predicted molar refractivity (Wildman–Crippen MR) is 125 cm³/mol. The second-order valence-electron chi connectivity index (χ2n) is 12.1. The van der Waals surface area contributed by atoms with Crippen molar-refractivity contribution in [3.8, 4) is 0 Å². The smallest absolute Gasteiger partial charge is 0.218 e. The van der Waals surface area contributed by atoms with Crippen LogP contribution in [0.25, 0.3) is 0 Å². The third-order valence-corrected chi connectivity index (χ3v) is 12.8. The highest BCUT2D eigenvalue weighted by molar-refractivity contribution is 6.84. The summed E-state index contributed by atoms with van der Waals surface area (Å²) in [5.41, 5.74) is 0.846. The van der Waals surface area contributed by atoms with Crippen LogP contribution < -0.4 is 5.19 Å². The van der Waals surface area contributed by atoms with E-state index >= 15 is 0 Å². The van der Waals surface area contributed by atoms with Gasteiger partial charge in [0.05, 0.1) is 0 Å². The first kappa shape index (κ1) is 20.9. The Morgan fingerprint density at radius 1 is 0.967 bits per heavy atom. The van der Waals surface area contributed by atoms with E-state index in [-0.39, 0.29) is 11.5 Å². The maximum Gasteiger partial charge on any atom is 0.218 e. The molecule has 4 fully saturated rings. The first-order valence-corrected chi connectivity index (χ1v) is 15.4. The summed E-state index contributed by atoms with van der Waals surface area (Å²) in [5, 5.41) is 1.38. The molecule has 0 amide bonds. The molecule has 0 saturated heterocycles. The number of benzene rings is 1. The number of ketones is 1. The lowest BCUT2D eigenvalue weighted by Gasteiger charge is -2.62. The molecule has 4 saturated carbocycles. The summed E-state index contributed by atoms with van der Waals surface area (Å²) in [6.45, 7) is 9.85. The van der Waals surface area contributed by atoms with Crippen molar-refractivity contribution in [2.24, 2.45) is 34.5 Å². The molecule has 3 heteroatoms. The molecule has 4 aliphatic rings. The molecule has 1 aromatic rings. The highest BCUT2D eigenvalue weighted by Gasteiger charge is 2.61. The molecule has 5 rings (SSSR count). The molecule has 0 unspecified atom stereocenters. The van der Waals surface area contributed by atoms with E-state index in [1.807, 2.05) is 0 Å². The lowest BCUT2D eigenvalue weighted by molar-refractivity contribution is -0.159. The zero-order valence-corrected chi connectivity index (χ0v) is 20.5. The zero-order chi connectivity index (χ0) is 21.1. The van der Waals surface area contributed by atoms with Crippen molar-refractivity contribution in [2.45, 2.75) is 90.8 Å². The van der Waals surface area contributed by atoms with Gasteiger partial charge in [-0.05, 0) is 91.3 Å². The Bertz CT molecular complexity index is 804. The van der Waals surface area contributed by atoms with E-state index in [9.17, 15) is 4.79 Å². The largest absolute Gasteiger partial charge is 0.410 e. The van der Waals surface area contributed by atoms with Gasteiger partial charge in [-0.25, -0.2) is 0 Å². The van der Waals surface area contributed by atoms with Gasteiger partial charge in [0.1, 0.15) is 5.78 Å². The van der Waals surface area contributed by atoms with Gasteiger partial charge >= 0.3 is 0 Å². The van der Waals surface area contributed by atoms with Crippen LogP contribution in [0.4, 0.5) is 0 Å². The molecular weight excluding hydrogens is 384 g/mol. The van der Waals surface area contributed by atoms with Crippen LogP contribution in [0.15, 0.2) is 30.3 Å². The van der Waals surface area contributed by atoms with Gasteiger partial charge in [-0.3, -0.25) is 4.79 Å². The quantitative estimate of drug-likeness (QED) is 0.548. The van der Waals surface area contributed by atoms with E-state index in [2.05, 4.69) is 57.3 Å². The molecule has 4 aliphatic carbocycles. The Labute approximate surface area is 184 Å². The predicted octanol–water partition coefficient (Wildman–Crippen LogP) is 6.10. The Morgan fingerprint density at radius 3 is 2.50 bits per heavy atom. The normalized spacial score (nSPS) is 43.6. The fourth-order valence-corrected chi connectivity index (χ4v) is 10.6. The van der Waals surface area contributed by atoms with Crippen molar-refractivity contribution in [1.82, 2.24) is 0 Å². The third-order valence-electron chi connectivity index (χ3n) is 10.2. The number of rotatable bonds is 3. The van der Waals surface area contributed by atoms with E-state index in [1.54, 1.807) is 0 Å². The Morgan fingerprint density at radius 2 is 1.73 bits per heavy atom. The Hall–Kier alpha value is -0.933. The third kappa shape index (κ3) is 3.26. The number of carbonyl (C=O) groups excluding carboxylic acids is 1. The Kier molecular flexibility index (Phi) is 5.10. The van der Waals surface area contributed by atoms with Crippen molar-refractivity contribution >= 4 is 19.3 Å². The van der Waals surface area contributed by atoms with E-state index in [1.165, 1.54) is 43.7 Å². The van der Waals surface area contributed by atoms with Gasteiger partial charge in [0.15, 0.2) is 0 Å². The average molecular weight is 425 g/mol. The van der Waals surface area contributed by atoms with Gasteiger partial charge < -0.3 is 4.43 Å². The molecule has 0 spiro atoms. The molecule has 0 aliphatic heterocycles. The molecule has 0 radical (unpaired) electrons. The summed E-state index contributed by atoms with van der Waals surface area (Å²) in [6.07, 6.45) is 11.1. The van der Waals surface area contributed by atoms with E-state index < -0.39 is 8.32 Å². The van der Waals surface area contributed by atoms with Gasteiger partial charge in [0.25, 0.3) is 0 Å². The van der Waals surface area contributed by atoms with E-state index in [0.29, 0.717) is 17.1 Å². The Balaban J connectivity index is 1.49. The van der Waals surface area contributed by atoms with Gasteiger partial charge in [0.2, 0.25) is 8.32 Å². The molecule has 0 bridgehead atoms. The van der Waals surface area contributed by atoms with Gasteiger partial charge in [-0.15, -0.1) is 0 Å². The minimum atomic E-state index is -2.02. The van der Waals surface area contributed by atoms with Crippen molar-refractivity contribution in [3.05, 3.63) is 30.3 Å². The summed E-state index contributed by atoms with van der Waals surface area (Å²) >= 11 is 0. The minimum absolute atomic E-state index is 0.255. The van der Waals surface area contributed by atoms with E-state index in [0.717, 1.165) is 37.0 Å². The van der Waals surface area contributed by atoms with Crippen molar-refractivity contribution in [3.63, 3.8) is 0 Å². The van der Waals surface area contributed by atoms with Gasteiger partial charge in [0, 0.05) is 18.9 Å². The number of carbonyl (C=O) groups is 1. The molecule has 0 N–H and O–H groups in total. The number of fused-ring (bicyclic) bond motifs is 5. The summed E-state index contributed by atoms with van der Waals surface area (Å²) in [7, 11) is -2.02. The SMILES string of the molecule is C[C@@]12CCC[C@H]1[C@@H]1C[C@@H](O[Si](C)(C)c3ccccc3)[C@@H]3CC(=O)CC[C@]3(C)[C@H]1CC2. The average Bonchev–Trinajstić information content (AvgIpc) is 3.12. The minimum Gasteiger partial charge on any atom is -0.410 e. The van der Waals surface area contributed by atoms with Crippen LogP contribution in [-0.2, 0) is 9.22 Å². The standard InChI is InChI=1S/C27H40O2Si/c1-26-14-8-11-22(26)21-18-25(29-30(3,4)20-9-6-5-7-10-20)24-17-19(28)12-16-27(24,2)23(21)13-15-26/h5-7,9-10,21-25H,8,11-18H2,1-4H3/t21-,22-,23-,24-,25+,26-,27+/m0/s1. The fraction of sp³-hybridized carbons (Fsp3) is 0.741. The van der Waals surface area contributed by atoms with Crippen molar-refractivity contribution in [2.75, 3.05) is 0 Å². The molecule has 2 nitrogen and oxygen atoms in total. The van der Waals surface area contributed by atoms with Crippen molar-refractivity contribution < 1.29 is 9.22 Å². The van der Waals surface area contributed by atoms with Crippen LogP contribution in [-0.4, -0.2) is 20.2 Å². The second-order valence-corrected chi connectivity index (χ2v) is 15.9. The molecule has 1 aromatic carbocycles. The van der Waals surface area contributed by atoms with Gasteiger partial charge in [-0.2, -0.15) is 0 Å². The number of hydrogen-bond donors (Lipinski definition) is 0.